The summed E-state index contributed by atoms with van der Waals surface area (Å²) in [5.74, 6) is 1.17. The van der Waals surface area contributed by atoms with Crippen molar-refractivity contribution in [3.05, 3.63) is 72.5 Å². The van der Waals surface area contributed by atoms with Crippen LogP contribution in [-0.4, -0.2) is 29.9 Å². The quantitative estimate of drug-likeness (QED) is 0.455. The molecule has 2 amide bonds. The van der Waals surface area contributed by atoms with Gasteiger partial charge in [0.15, 0.2) is 17.4 Å². The van der Waals surface area contributed by atoms with Crippen LogP contribution in [0.3, 0.4) is 0 Å². The highest BCUT2D eigenvalue weighted by Gasteiger charge is 2.11. The van der Waals surface area contributed by atoms with E-state index < -0.39 is 0 Å². The summed E-state index contributed by atoms with van der Waals surface area (Å²) in [4.78, 5) is 28.3. The summed E-state index contributed by atoms with van der Waals surface area (Å²) < 4.78 is 12.2. The lowest BCUT2D eigenvalue weighted by atomic mass is 10.3. The second-order valence-electron chi connectivity index (χ2n) is 6.41. The number of para-hydroxylation sites is 2. The van der Waals surface area contributed by atoms with Gasteiger partial charge in [0.1, 0.15) is 11.5 Å². The van der Waals surface area contributed by atoms with Crippen molar-refractivity contribution in [2.24, 2.45) is 0 Å². The molecule has 2 N–H and O–H groups in total. The molecule has 2 heterocycles. The van der Waals surface area contributed by atoms with Gasteiger partial charge in [0.2, 0.25) is 5.91 Å². The van der Waals surface area contributed by atoms with Crippen molar-refractivity contribution in [3.63, 3.8) is 0 Å². The molecule has 0 aliphatic rings. The fraction of sp³-hybridized carbons (Fsp3) is 0.136. The fourth-order valence-corrected chi connectivity index (χ4v) is 3.64. The number of thiazole rings is 1. The number of carbonyl (C=O) groups is 2. The first kappa shape index (κ1) is 19.7. The number of carbonyl (C=O) groups excluding carboxylic acids is 2. The van der Waals surface area contributed by atoms with E-state index in [2.05, 4.69) is 15.6 Å². The Morgan fingerprint density at radius 2 is 1.73 bits per heavy atom. The molecule has 8 heteroatoms. The van der Waals surface area contributed by atoms with Gasteiger partial charge in [0.05, 0.1) is 23.3 Å². The number of ether oxygens (including phenoxy) is 1. The summed E-state index contributed by atoms with van der Waals surface area (Å²) in [7, 11) is 0. The summed E-state index contributed by atoms with van der Waals surface area (Å²) in [6, 6.07) is 20.5. The van der Waals surface area contributed by atoms with Crippen LogP contribution in [0.25, 0.3) is 21.0 Å². The van der Waals surface area contributed by atoms with Crippen molar-refractivity contribution >= 4 is 33.4 Å². The molecular formula is C22H19N3O4S. The van der Waals surface area contributed by atoms with Crippen molar-refractivity contribution in [1.29, 1.82) is 0 Å². The summed E-state index contributed by atoms with van der Waals surface area (Å²) in [5, 5.41) is 6.03. The van der Waals surface area contributed by atoms with Crippen LogP contribution in [0.5, 0.6) is 5.75 Å². The van der Waals surface area contributed by atoms with E-state index >= 15 is 0 Å². The van der Waals surface area contributed by atoms with Gasteiger partial charge in [-0.2, -0.15) is 0 Å². The number of hydrogen-bond acceptors (Lipinski definition) is 6. The second kappa shape index (κ2) is 9.23. The number of nitrogens with zero attached hydrogens (tertiary/aromatic N) is 1. The first-order valence-corrected chi connectivity index (χ1v) is 10.1. The molecule has 152 valence electrons. The lowest BCUT2D eigenvalue weighted by Gasteiger charge is -2.07. The number of fused-ring (bicyclic) bond motifs is 1. The van der Waals surface area contributed by atoms with Crippen molar-refractivity contribution < 1.29 is 18.7 Å². The van der Waals surface area contributed by atoms with Crippen LogP contribution in [-0.2, 0) is 16.1 Å². The zero-order valence-electron chi connectivity index (χ0n) is 16.0. The molecule has 0 aliphatic heterocycles. The van der Waals surface area contributed by atoms with E-state index in [4.69, 9.17) is 9.15 Å². The minimum atomic E-state index is -0.370. The van der Waals surface area contributed by atoms with Crippen molar-refractivity contribution in [2.75, 3.05) is 13.2 Å². The molecule has 0 spiro atoms. The standard InChI is InChI=1S/C22H19N3O4S/c26-20(13-24-21(27)14-28-15-6-2-1-3-7-15)23-12-16-10-11-18(29-16)22-25-17-8-4-5-9-19(17)30-22/h1-11H,12-14H2,(H,23,26)(H,24,27). The van der Waals surface area contributed by atoms with Crippen molar-refractivity contribution in [1.82, 2.24) is 15.6 Å². The van der Waals surface area contributed by atoms with Gasteiger partial charge in [-0.15, -0.1) is 11.3 Å². The van der Waals surface area contributed by atoms with Crippen LogP contribution in [0.2, 0.25) is 0 Å². The maximum atomic E-state index is 12.0. The molecule has 2 aromatic heterocycles. The minimum Gasteiger partial charge on any atom is -0.484 e. The van der Waals surface area contributed by atoms with Gasteiger partial charge in [0, 0.05) is 0 Å². The van der Waals surface area contributed by atoms with Gasteiger partial charge in [-0.1, -0.05) is 30.3 Å². The third kappa shape index (κ3) is 5.03. The maximum absolute atomic E-state index is 12.0. The Kier molecular flexibility index (Phi) is 6.05. The summed E-state index contributed by atoms with van der Waals surface area (Å²) in [5.41, 5.74) is 0.927. The number of furan rings is 1. The topological polar surface area (TPSA) is 93.5 Å². The van der Waals surface area contributed by atoms with E-state index in [1.54, 1.807) is 29.5 Å². The smallest absolute Gasteiger partial charge is 0.258 e. The van der Waals surface area contributed by atoms with E-state index in [0.717, 1.165) is 15.2 Å². The van der Waals surface area contributed by atoms with Crippen LogP contribution >= 0.6 is 11.3 Å². The van der Waals surface area contributed by atoms with Gasteiger partial charge >= 0.3 is 0 Å². The van der Waals surface area contributed by atoms with Crippen molar-refractivity contribution in [2.45, 2.75) is 6.54 Å². The molecule has 4 aromatic rings. The van der Waals surface area contributed by atoms with Crippen molar-refractivity contribution in [3.8, 4) is 16.5 Å². The Balaban J connectivity index is 1.22. The Morgan fingerprint density at radius 3 is 2.57 bits per heavy atom. The predicted octanol–water partition coefficient (Wildman–Crippen LogP) is 3.37. The number of rotatable bonds is 8. The Morgan fingerprint density at radius 1 is 0.933 bits per heavy atom. The van der Waals surface area contributed by atoms with Crippen LogP contribution in [0.15, 0.2) is 71.1 Å². The van der Waals surface area contributed by atoms with Crippen LogP contribution in [0, 0.1) is 0 Å². The molecular weight excluding hydrogens is 402 g/mol. The third-order valence-electron chi connectivity index (χ3n) is 4.19. The summed E-state index contributed by atoms with van der Waals surface area (Å²) in [6.45, 7) is -0.0659. The fourth-order valence-electron chi connectivity index (χ4n) is 2.71. The van der Waals surface area contributed by atoms with Gasteiger partial charge in [-0.3, -0.25) is 9.59 Å². The molecule has 2 aromatic carbocycles. The first-order chi connectivity index (χ1) is 14.7. The Labute approximate surface area is 176 Å². The van der Waals surface area contributed by atoms with E-state index in [-0.39, 0.29) is 31.5 Å². The molecule has 0 atom stereocenters. The number of nitrogens with one attached hydrogen (secondary N) is 2. The number of benzene rings is 2. The molecule has 0 fully saturated rings. The van der Waals surface area contributed by atoms with E-state index in [0.29, 0.717) is 17.3 Å². The van der Waals surface area contributed by atoms with Gasteiger partial charge < -0.3 is 19.8 Å². The average molecular weight is 421 g/mol. The van der Waals surface area contributed by atoms with E-state index in [1.807, 2.05) is 48.5 Å². The number of aromatic nitrogens is 1. The molecule has 0 unspecified atom stereocenters. The summed E-state index contributed by atoms with van der Waals surface area (Å²) in [6.07, 6.45) is 0. The average Bonchev–Trinajstić information content (AvgIpc) is 3.42. The molecule has 0 aliphatic carbocycles. The largest absolute Gasteiger partial charge is 0.484 e. The molecule has 0 saturated carbocycles. The van der Waals surface area contributed by atoms with E-state index in [1.165, 1.54) is 0 Å². The van der Waals surface area contributed by atoms with Crippen LogP contribution in [0.4, 0.5) is 0 Å². The monoisotopic (exact) mass is 421 g/mol. The Bertz CT molecular complexity index is 1120. The molecule has 30 heavy (non-hydrogen) atoms. The van der Waals surface area contributed by atoms with Crippen LogP contribution in [0.1, 0.15) is 5.76 Å². The molecule has 4 rings (SSSR count). The van der Waals surface area contributed by atoms with Gasteiger partial charge in [0.25, 0.3) is 5.91 Å². The van der Waals surface area contributed by atoms with Gasteiger partial charge in [-0.25, -0.2) is 4.98 Å². The lowest BCUT2D eigenvalue weighted by molar-refractivity contribution is -0.127. The zero-order chi connectivity index (χ0) is 20.8. The van der Waals surface area contributed by atoms with Crippen LogP contribution < -0.4 is 15.4 Å². The number of amides is 2. The normalized spacial score (nSPS) is 10.7. The van der Waals surface area contributed by atoms with Gasteiger partial charge in [-0.05, 0) is 36.4 Å². The predicted molar refractivity (Wildman–Crippen MR) is 114 cm³/mol. The SMILES string of the molecule is O=C(CNC(=O)COc1ccccc1)NCc1ccc(-c2nc3ccccc3s2)o1. The Hall–Kier alpha value is -3.65. The number of hydrogen-bond donors (Lipinski definition) is 2. The third-order valence-corrected chi connectivity index (χ3v) is 5.24. The maximum Gasteiger partial charge on any atom is 0.258 e. The molecule has 7 nitrogen and oxygen atoms in total. The summed E-state index contributed by atoms with van der Waals surface area (Å²) >= 11 is 1.55. The second-order valence-corrected chi connectivity index (χ2v) is 7.44. The minimum absolute atomic E-state index is 0.136. The first-order valence-electron chi connectivity index (χ1n) is 9.33. The zero-order valence-corrected chi connectivity index (χ0v) is 16.8. The lowest BCUT2D eigenvalue weighted by Crippen LogP contribution is -2.38. The molecule has 0 bridgehead atoms. The molecule has 0 saturated heterocycles. The highest BCUT2D eigenvalue weighted by atomic mass is 32.1. The molecule has 0 radical (unpaired) electrons. The van der Waals surface area contributed by atoms with E-state index in [9.17, 15) is 9.59 Å². The highest BCUT2D eigenvalue weighted by Crippen LogP contribution is 2.31. The highest BCUT2D eigenvalue weighted by molar-refractivity contribution is 7.21.